The number of unbranched alkanes of at least 4 members (excludes halogenated alkanes) is 2. The molecule has 16 heavy (non-hydrogen) atoms. The molecule has 0 N–H and O–H groups in total. The third-order valence-corrected chi connectivity index (χ3v) is 3.72. The van der Waals surface area contributed by atoms with Crippen LogP contribution in [0.1, 0.15) is 39.5 Å². The largest absolute Gasteiger partial charge is 0.382 e. The maximum atomic E-state index is 11.5. The van der Waals surface area contributed by atoms with Crippen molar-refractivity contribution in [1.29, 1.82) is 0 Å². The first-order valence-electron chi connectivity index (χ1n) is 6.31. The molecule has 0 fully saturated rings. The Balaban J connectivity index is 3.12. The molecule has 0 bridgehead atoms. The van der Waals surface area contributed by atoms with Gasteiger partial charge in [0.05, 0.1) is 0 Å². The quantitative estimate of drug-likeness (QED) is 0.499. The van der Waals surface area contributed by atoms with Gasteiger partial charge in [0.25, 0.3) is 0 Å². The summed E-state index contributed by atoms with van der Waals surface area (Å²) in [4.78, 5) is 0. The second-order valence-corrected chi connectivity index (χ2v) is 5.35. The van der Waals surface area contributed by atoms with E-state index in [2.05, 4.69) is 0 Å². The maximum Gasteiger partial charge on any atom is 0.0466 e. The molecular formula is C12H26O3S. The maximum absolute atomic E-state index is 11.5. The highest BCUT2D eigenvalue weighted by atomic mass is 32.2. The Morgan fingerprint density at radius 3 is 1.62 bits per heavy atom. The van der Waals surface area contributed by atoms with Crippen LogP contribution in [0.2, 0.25) is 0 Å². The minimum atomic E-state index is -0.642. The molecule has 4 heteroatoms. The molecule has 0 aliphatic heterocycles. The van der Waals surface area contributed by atoms with Crippen LogP contribution < -0.4 is 0 Å². The predicted molar refractivity (Wildman–Crippen MR) is 69.3 cm³/mol. The van der Waals surface area contributed by atoms with Gasteiger partial charge in [-0.15, -0.1) is 0 Å². The summed E-state index contributed by atoms with van der Waals surface area (Å²) in [5.74, 6) is 1.64. The van der Waals surface area contributed by atoms with Gasteiger partial charge in [0, 0.05) is 48.7 Å². The molecule has 98 valence electrons. The summed E-state index contributed by atoms with van der Waals surface area (Å²) in [6.07, 6.45) is 4.08. The summed E-state index contributed by atoms with van der Waals surface area (Å²) < 4.78 is 22.0. The molecule has 0 saturated carbocycles. The Labute approximate surface area is 102 Å². The van der Waals surface area contributed by atoms with Crippen LogP contribution in [0.15, 0.2) is 0 Å². The summed E-state index contributed by atoms with van der Waals surface area (Å²) in [5, 5.41) is 0. The van der Waals surface area contributed by atoms with E-state index in [4.69, 9.17) is 9.47 Å². The molecule has 0 aromatic carbocycles. The van der Waals surface area contributed by atoms with Crippen molar-refractivity contribution < 1.29 is 13.7 Å². The highest BCUT2D eigenvalue weighted by molar-refractivity contribution is 7.84. The smallest absolute Gasteiger partial charge is 0.0466 e. The minimum Gasteiger partial charge on any atom is -0.382 e. The van der Waals surface area contributed by atoms with Gasteiger partial charge in [-0.3, -0.25) is 4.21 Å². The van der Waals surface area contributed by atoms with E-state index < -0.39 is 10.8 Å². The molecule has 0 aliphatic carbocycles. The average Bonchev–Trinajstić information content (AvgIpc) is 2.28. The van der Waals surface area contributed by atoms with Crippen molar-refractivity contribution in [3.63, 3.8) is 0 Å². The van der Waals surface area contributed by atoms with Gasteiger partial charge in [-0.2, -0.15) is 0 Å². The summed E-state index contributed by atoms with van der Waals surface area (Å²) >= 11 is 0. The van der Waals surface area contributed by atoms with Crippen LogP contribution >= 0.6 is 0 Å². The van der Waals surface area contributed by atoms with E-state index in [0.29, 0.717) is 0 Å². The molecule has 0 rings (SSSR count). The van der Waals surface area contributed by atoms with Gasteiger partial charge in [-0.1, -0.05) is 0 Å². The first-order chi connectivity index (χ1) is 7.81. The number of hydrogen-bond donors (Lipinski definition) is 0. The minimum absolute atomic E-state index is 0.642. The van der Waals surface area contributed by atoms with E-state index in [1.54, 1.807) is 0 Å². The van der Waals surface area contributed by atoms with Crippen LogP contribution in [0.5, 0.6) is 0 Å². The van der Waals surface area contributed by atoms with Crippen molar-refractivity contribution in [2.75, 3.05) is 37.9 Å². The lowest BCUT2D eigenvalue weighted by molar-refractivity contribution is 0.144. The fourth-order valence-electron chi connectivity index (χ4n) is 1.33. The van der Waals surface area contributed by atoms with E-state index >= 15 is 0 Å². The van der Waals surface area contributed by atoms with Gasteiger partial charge in [0.2, 0.25) is 0 Å². The molecule has 0 aromatic heterocycles. The van der Waals surface area contributed by atoms with Gasteiger partial charge in [-0.25, -0.2) is 0 Å². The molecular weight excluding hydrogens is 224 g/mol. The van der Waals surface area contributed by atoms with Gasteiger partial charge in [0.1, 0.15) is 0 Å². The summed E-state index contributed by atoms with van der Waals surface area (Å²) in [5.41, 5.74) is 0. The van der Waals surface area contributed by atoms with Crippen LogP contribution in [-0.4, -0.2) is 42.1 Å². The van der Waals surface area contributed by atoms with Gasteiger partial charge >= 0.3 is 0 Å². The highest BCUT2D eigenvalue weighted by Gasteiger charge is 1.99. The van der Waals surface area contributed by atoms with Gasteiger partial charge in [0.15, 0.2) is 0 Å². The fourth-order valence-corrected chi connectivity index (χ4v) is 2.58. The Kier molecular flexibility index (Phi) is 13.2. The fraction of sp³-hybridized carbons (Fsp3) is 1.00. The second kappa shape index (κ2) is 13.1. The Morgan fingerprint density at radius 2 is 1.25 bits per heavy atom. The van der Waals surface area contributed by atoms with Crippen LogP contribution in [0.3, 0.4) is 0 Å². The zero-order chi connectivity index (χ0) is 12.1. The summed E-state index contributed by atoms with van der Waals surface area (Å²) in [6.45, 7) is 7.16. The van der Waals surface area contributed by atoms with E-state index in [-0.39, 0.29) is 0 Å². The third kappa shape index (κ3) is 12.1. The van der Waals surface area contributed by atoms with Crippen molar-refractivity contribution in [3.05, 3.63) is 0 Å². The van der Waals surface area contributed by atoms with E-state index in [9.17, 15) is 4.21 Å². The number of ether oxygens (including phenoxy) is 2. The first-order valence-corrected chi connectivity index (χ1v) is 7.80. The average molecular weight is 250 g/mol. The molecule has 0 heterocycles. The lowest BCUT2D eigenvalue weighted by atomic mass is 10.3. The summed E-state index contributed by atoms with van der Waals surface area (Å²) in [6, 6.07) is 0. The Hall–Kier alpha value is 0.0700. The molecule has 0 radical (unpaired) electrons. The molecule has 0 amide bonds. The van der Waals surface area contributed by atoms with Crippen LogP contribution in [0.4, 0.5) is 0 Å². The Morgan fingerprint density at radius 1 is 0.812 bits per heavy atom. The van der Waals surface area contributed by atoms with Crippen molar-refractivity contribution in [2.24, 2.45) is 0 Å². The molecule has 0 aliphatic rings. The lowest BCUT2D eigenvalue weighted by Gasteiger charge is -2.03. The van der Waals surface area contributed by atoms with Crippen molar-refractivity contribution in [3.8, 4) is 0 Å². The van der Waals surface area contributed by atoms with Crippen LogP contribution in [0.25, 0.3) is 0 Å². The number of hydrogen-bond acceptors (Lipinski definition) is 3. The summed E-state index contributed by atoms with van der Waals surface area (Å²) in [7, 11) is -0.642. The SMILES string of the molecule is CCOCCCCS(=O)CCCCOCC. The highest BCUT2D eigenvalue weighted by Crippen LogP contribution is 1.98. The van der Waals surface area contributed by atoms with E-state index in [0.717, 1.165) is 63.6 Å². The topological polar surface area (TPSA) is 35.5 Å². The second-order valence-electron chi connectivity index (χ2n) is 3.66. The zero-order valence-corrected chi connectivity index (χ0v) is 11.5. The standard InChI is InChI=1S/C12H26O3S/c1-3-14-9-5-7-11-16(13)12-8-6-10-15-4-2/h3-12H2,1-2H3. The molecule has 0 unspecified atom stereocenters. The molecule has 0 saturated heterocycles. The van der Waals surface area contributed by atoms with Crippen molar-refractivity contribution in [2.45, 2.75) is 39.5 Å². The van der Waals surface area contributed by atoms with E-state index in [1.165, 1.54) is 0 Å². The van der Waals surface area contributed by atoms with Gasteiger partial charge in [-0.05, 0) is 39.5 Å². The predicted octanol–water partition coefficient (Wildman–Crippen LogP) is 2.37. The lowest BCUT2D eigenvalue weighted by Crippen LogP contribution is -2.05. The monoisotopic (exact) mass is 250 g/mol. The third-order valence-electron chi connectivity index (χ3n) is 2.23. The molecule has 0 aromatic rings. The molecule has 0 atom stereocenters. The van der Waals surface area contributed by atoms with Crippen LogP contribution in [0, 0.1) is 0 Å². The van der Waals surface area contributed by atoms with Crippen molar-refractivity contribution in [1.82, 2.24) is 0 Å². The zero-order valence-electron chi connectivity index (χ0n) is 10.7. The normalized spacial score (nSPS) is 11.2. The molecule has 0 spiro atoms. The van der Waals surface area contributed by atoms with Crippen molar-refractivity contribution >= 4 is 10.8 Å². The van der Waals surface area contributed by atoms with Gasteiger partial charge < -0.3 is 9.47 Å². The molecule has 3 nitrogen and oxygen atoms in total. The van der Waals surface area contributed by atoms with Crippen LogP contribution in [-0.2, 0) is 20.3 Å². The van der Waals surface area contributed by atoms with E-state index in [1.807, 2.05) is 13.8 Å². The number of rotatable bonds is 12. The Bertz CT molecular complexity index is 146. The first kappa shape index (κ1) is 16.1.